The molecule has 0 unspecified atom stereocenters. The maximum absolute atomic E-state index is 12.7. The van der Waals surface area contributed by atoms with Gasteiger partial charge >= 0.3 is 16.1 Å². The second kappa shape index (κ2) is 8.89. The zero-order valence-corrected chi connectivity index (χ0v) is 18.7. The number of carboxylic acid groups (broad SMARTS) is 1. The summed E-state index contributed by atoms with van der Waals surface area (Å²) in [6.07, 6.45) is 0. The van der Waals surface area contributed by atoms with Crippen LogP contribution in [0.25, 0.3) is 0 Å². The lowest BCUT2D eigenvalue weighted by Crippen LogP contribution is -2.16. The minimum absolute atomic E-state index is 0.170. The second-order valence-corrected chi connectivity index (χ2v) is 10.1. The normalized spacial score (nSPS) is 11.6. The maximum atomic E-state index is 12.7. The van der Waals surface area contributed by atoms with Crippen molar-refractivity contribution in [1.82, 2.24) is 0 Å². The molecule has 3 aromatic rings. The Morgan fingerprint density at radius 2 is 1.50 bits per heavy atom. The molecule has 3 rings (SSSR count). The third kappa shape index (κ3) is 5.18. The summed E-state index contributed by atoms with van der Waals surface area (Å²) in [5, 5.41) is 9.50. The van der Waals surface area contributed by atoms with Crippen molar-refractivity contribution in [2.45, 2.75) is 9.79 Å². The van der Waals surface area contributed by atoms with Gasteiger partial charge in [-0.05, 0) is 54.6 Å². The summed E-state index contributed by atoms with van der Waals surface area (Å²) in [7, 11) is -4.77. The number of sulfonamides is 1. The van der Waals surface area contributed by atoms with Gasteiger partial charge in [0.15, 0.2) is 5.75 Å². The number of rotatable bonds is 8. The molecule has 0 amide bonds. The molecule has 32 heavy (non-hydrogen) atoms. The molecule has 0 bridgehead atoms. The lowest BCUT2D eigenvalue weighted by molar-refractivity contribution is 0.0695. The molecule has 0 atom stereocenters. The first-order valence-corrected chi connectivity index (χ1v) is 12.1. The van der Waals surface area contributed by atoms with Crippen molar-refractivity contribution in [2.24, 2.45) is 0 Å². The minimum Gasteiger partial charge on any atom is -0.478 e. The van der Waals surface area contributed by atoms with E-state index in [1.165, 1.54) is 24.3 Å². The van der Waals surface area contributed by atoms with Crippen LogP contribution < -0.4 is 13.8 Å². The number of hydrogen-bond donors (Lipinski definition) is 2. The van der Waals surface area contributed by atoms with Gasteiger partial charge in [-0.15, -0.1) is 0 Å². The van der Waals surface area contributed by atoms with E-state index in [1.54, 1.807) is 30.3 Å². The highest BCUT2D eigenvalue weighted by atomic mass is 32.2. The van der Waals surface area contributed by atoms with Crippen LogP contribution in [-0.4, -0.2) is 42.0 Å². The highest BCUT2D eigenvalue weighted by molar-refractivity contribution is 7.92. The van der Waals surface area contributed by atoms with Gasteiger partial charge in [-0.25, -0.2) is 13.2 Å². The molecule has 168 valence electrons. The quantitative estimate of drug-likeness (QED) is 0.475. The number of nitrogens with one attached hydrogen (secondary N) is 1. The summed E-state index contributed by atoms with van der Waals surface area (Å²) in [6, 6.07) is 16.6. The first kappa shape index (κ1) is 23.1. The Morgan fingerprint density at radius 1 is 0.875 bits per heavy atom. The van der Waals surface area contributed by atoms with Crippen LogP contribution in [-0.2, 0) is 20.1 Å². The van der Waals surface area contributed by atoms with Gasteiger partial charge in [-0.3, -0.25) is 4.72 Å². The number of benzene rings is 3. The van der Waals surface area contributed by atoms with E-state index in [0.29, 0.717) is 0 Å². The van der Waals surface area contributed by atoms with Crippen LogP contribution >= 0.6 is 0 Å². The van der Waals surface area contributed by atoms with Crippen LogP contribution in [0, 0.1) is 0 Å². The maximum Gasteiger partial charge on any atom is 0.339 e. The van der Waals surface area contributed by atoms with Crippen molar-refractivity contribution >= 4 is 37.5 Å². The molecular formula is C21H20N2O7S2. The van der Waals surface area contributed by atoms with E-state index < -0.39 is 37.4 Å². The molecule has 9 nitrogen and oxygen atoms in total. The molecule has 0 heterocycles. The van der Waals surface area contributed by atoms with Crippen LogP contribution in [0.3, 0.4) is 0 Å². The second-order valence-electron chi connectivity index (χ2n) is 6.86. The van der Waals surface area contributed by atoms with Crippen molar-refractivity contribution in [3.63, 3.8) is 0 Å². The van der Waals surface area contributed by atoms with E-state index in [2.05, 4.69) is 4.72 Å². The van der Waals surface area contributed by atoms with Crippen LogP contribution in [0.4, 0.5) is 11.4 Å². The van der Waals surface area contributed by atoms with Gasteiger partial charge in [-0.2, -0.15) is 8.42 Å². The van der Waals surface area contributed by atoms with Gasteiger partial charge in [0, 0.05) is 25.5 Å². The zero-order chi connectivity index (χ0) is 23.5. The van der Waals surface area contributed by atoms with E-state index >= 15 is 0 Å². The van der Waals surface area contributed by atoms with Gasteiger partial charge in [0.25, 0.3) is 10.0 Å². The SMILES string of the molecule is CN(C)c1ccc(NS(=O)(=O)c2ccc(OS(=O)(=O)c3ccccc3)c(C(=O)O)c2)cc1. The number of carboxylic acids is 1. The summed E-state index contributed by atoms with van der Waals surface area (Å²) in [5.41, 5.74) is 0.525. The largest absolute Gasteiger partial charge is 0.478 e. The summed E-state index contributed by atoms with van der Waals surface area (Å²) >= 11 is 0. The predicted molar refractivity (Wildman–Crippen MR) is 119 cm³/mol. The highest BCUT2D eigenvalue weighted by Crippen LogP contribution is 2.27. The van der Waals surface area contributed by atoms with Gasteiger partial charge < -0.3 is 14.2 Å². The fourth-order valence-corrected chi connectivity index (χ4v) is 4.76. The van der Waals surface area contributed by atoms with E-state index in [9.17, 15) is 26.7 Å². The van der Waals surface area contributed by atoms with Crippen molar-refractivity contribution < 1.29 is 30.9 Å². The molecule has 3 aromatic carbocycles. The fourth-order valence-electron chi connectivity index (χ4n) is 2.71. The van der Waals surface area contributed by atoms with E-state index in [0.717, 1.165) is 23.9 Å². The smallest absolute Gasteiger partial charge is 0.339 e. The summed E-state index contributed by atoms with van der Waals surface area (Å²) < 4.78 is 57.7. The molecule has 0 saturated heterocycles. The summed E-state index contributed by atoms with van der Waals surface area (Å²) in [5.74, 6) is -2.05. The Kier molecular flexibility index (Phi) is 6.42. The molecule has 0 aliphatic heterocycles. The van der Waals surface area contributed by atoms with Crippen molar-refractivity contribution in [3.05, 3.63) is 78.4 Å². The minimum atomic E-state index is -4.31. The zero-order valence-electron chi connectivity index (χ0n) is 17.1. The average molecular weight is 477 g/mol. The van der Waals surface area contributed by atoms with Gasteiger partial charge in [0.2, 0.25) is 0 Å². The molecular weight excluding hydrogens is 456 g/mol. The average Bonchev–Trinajstić information content (AvgIpc) is 2.74. The lowest BCUT2D eigenvalue weighted by Gasteiger charge is -2.14. The molecule has 0 saturated carbocycles. The summed E-state index contributed by atoms with van der Waals surface area (Å²) in [6.45, 7) is 0. The van der Waals surface area contributed by atoms with Crippen LogP contribution in [0.15, 0.2) is 82.6 Å². The Labute approximate surface area is 186 Å². The number of hydrogen-bond acceptors (Lipinski definition) is 7. The Bertz CT molecular complexity index is 1340. The topological polar surface area (TPSA) is 130 Å². The standard InChI is InChI=1S/C21H20N2O7S2/c1-23(2)16-10-8-15(9-11-16)22-31(26,27)18-12-13-20(19(14-18)21(24)25)30-32(28,29)17-6-4-3-5-7-17/h3-14,22H,1-2H3,(H,24,25). The summed E-state index contributed by atoms with van der Waals surface area (Å²) in [4.78, 5) is 13.0. The van der Waals surface area contributed by atoms with Crippen LogP contribution in [0.1, 0.15) is 10.4 Å². The van der Waals surface area contributed by atoms with Gasteiger partial charge in [0.1, 0.15) is 10.5 Å². The number of nitrogens with zero attached hydrogens (tertiary/aromatic N) is 1. The molecule has 0 fully saturated rings. The monoisotopic (exact) mass is 476 g/mol. The van der Waals surface area contributed by atoms with Crippen LogP contribution in [0.5, 0.6) is 5.75 Å². The molecule has 0 radical (unpaired) electrons. The molecule has 0 aliphatic rings. The molecule has 0 aromatic heterocycles. The first-order chi connectivity index (χ1) is 15.0. The van der Waals surface area contributed by atoms with Crippen molar-refractivity contribution in [3.8, 4) is 5.75 Å². The van der Waals surface area contributed by atoms with Crippen LogP contribution in [0.2, 0.25) is 0 Å². The number of anilines is 2. The van der Waals surface area contributed by atoms with Gasteiger partial charge in [0.05, 0.1) is 4.90 Å². The number of carbonyl (C=O) groups is 1. The van der Waals surface area contributed by atoms with Gasteiger partial charge in [-0.1, -0.05) is 18.2 Å². The van der Waals surface area contributed by atoms with E-state index in [-0.39, 0.29) is 15.5 Å². The third-order valence-corrected chi connectivity index (χ3v) is 6.99. The Morgan fingerprint density at radius 3 is 2.06 bits per heavy atom. The van der Waals surface area contributed by atoms with E-state index in [1.807, 2.05) is 19.0 Å². The van der Waals surface area contributed by atoms with Crippen molar-refractivity contribution in [1.29, 1.82) is 0 Å². The molecule has 2 N–H and O–H groups in total. The van der Waals surface area contributed by atoms with E-state index in [4.69, 9.17) is 4.18 Å². The van der Waals surface area contributed by atoms with Crippen molar-refractivity contribution in [2.75, 3.05) is 23.7 Å². The predicted octanol–water partition coefficient (Wildman–Crippen LogP) is 3.02. The molecule has 11 heteroatoms. The lowest BCUT2D eigenvalue weighted by atomic mass is 10.2. The molecule has 0 aliphatic carbocycles. The fraction of sp³-hybridized carbons (Fsp3) is 0.0952. The highest BCUT2D eigenvalue weighted by Gasteiger charge is 2.24. The Hall–Kier alpha value is -3.57. The molecule has 0 spiro atoms. The first-order valence-electron chi connectivity index (χ1n) is 9.17. The Balaban J connectivity index is 1.92. The third-order valence-electron chi connectivity index (χ3n) is 4.36. The number of aromatic carboxylic acids is 1.